The molecule has 0 saturated heterocycles. The zero-order chi connectivity index (χ0) is 32.1. The van der Waals surface area contributed by atoms with Crippen LogP contribution in [0.3, 0.4) is 0 Å². The first-order valence-corrected chi connectivity index (χ1v) is 15.6. The van der Waals surface area contributed by atoms with Crippen molar-refractivity contribution in [2.24, 2.45) is 5.92 Å². The number of aryl methyl sites for hydroxylation is 2. The number of halogens is 2. The van der Waals surface area contributed by atoms with Gasteiger partial charge in [-0.1, -0.05) is 70.0 Å². The molecule has 6 nitrogen and oxygen atoms in total. The molecule has 1 saturated carbocycles. The van der Waals surface area contributed by atoms with Crippen molar-refractivity contribution in [3.63, 3.8) is 0 Å². The van der Waals surface area contributed by atoms with Gasteiger partial charge < -0.3 is 19.7 Å². The van der Waals surface area contributed by atoms with Crippen molar-refractivity contribution in [3.8, 4) is 0 Å². The number of esters is 2. The van der Waals surface area contributed by atoms with Crippen molar-refractivity contribution < 1.29 is 38.1 Å². The second-order valence-corrected chi connectivity index (χ2v) is 11.8. The van der Waals surface area contributed by atoms with E-state index in [4.69, 9.17) is 19.7 Å². The number of ether oxygens (including phenoxy) is 2. The van der Waals surface area contributed by atoms with Crippen LogP contribution in [0.25, 0.3) is 0 Å². The Bertz CT molecular complexity index is 1250. The van der Waals surface area contributed by atoms with Gasteiger partial charge in [-0.3, -0.25) is 0 Å². The van der Waals surface area contributed by atoms with Crippen LogP contribution in [0.4, 0.5) is 8.78 Å². The third kappa shape index (κ3) is 10.4. The maximum Gasteiger partial charge on any atom is 0.335 e. The Morgan fingerprint density at radius 3 is 2.05 bits per heavy atom. The van der Waals surface area contributed by atoms with E-state index in [1.54, 1.807) is 18.2 Å². The van der Waals surface area contributed by atoms with Crippen molar-refractivity contribution in [1.82, 2.24) is 0 Å². The molecule has 0 spiro atoms. The molecule has 0 amide bonds. The fraction of sp³-hybridized carbons (Fsp3) is 0.500. The van der Waals surface area contributed by atoms with E-state index >= 15 is 8.78 Å². The van der Waals surface area contributed by atoms with Gasteiger partial charge >= 0.3 is 11.9 Å². The van der Waals surface area contributed by atoms with Crippen LogP contribution in [0, 0.1) is 17.6 Å². The zero-order valence-electron chi connectivity index (χ0n) is 25.8. The van der Waals surface area contributed by atoms with E-state index in [0.29, 0.717) is 24.0 Å². The van der Waals surface area contributed by atoms with Gasteiger partial charge in [-0.25, -0.2) is 18.4 Å². The standard InChI is InChI=1S/C36H46F2O6/c1-4-5-6-7-26-8-12-28(13-9-26)32-17-11-27(18-34(32)38)10-14-29-15-16-30(19-33(29)37)31(22-43-35(41)24(2)20-39)23-44-36(42)25(3)21-40/h11,15-19,26,28,31,39-40H,2-10,12-14,20-23H2,1H3. The van der Waals surface area contributed by atoms with Crippen molar-refractivity contribution in [2.75, 3.05) is 26.4 Å². The van der Waals surface area contributed by atoms with E-state index in [-0.39, 0.29) is 36.1 Å². The molecule has 2 aromatic rings. The molecule has 0 unspecified atom stereocenters. The van der Waals surface area contributed by atoms with Gasteiger partial charge in [-0.05, 0) is 84.7 Å². The smallest absolute Gasteiger partial charge is 0.335 e. The predicted octanol–water partition coefficient (Wildman–Crippen LogP) is 6.87. The number of rotatable bonds is 17. The minimum atomic E-state index is -0.825. The summed E-state index contributed by atoms with van der Waals surface area (Å²) in [6.07, 6.45) is 10.3. The van der Waals surface area contributed by atoms with E-state index in [2.05, 4.69) is 20.1 Å². The molecular weight excluding hydrogens is 566 g/mol. The molecule has 1 aliphatic carbocycles. The molecule has 8 heteroatoms. The maximum absolute atomic E-state index is 15.2. The summed E-state index contributed by atoms with van der Waals surface area (Å²) in [6.45, 7) is 7.38. The minimum Gasteiger partial charge on any atom is -0.461 e. The first kappa shape index (κ1) is 35.1. The third-order valence-electron chi connectivity index (χ3n) is 8.59. The van der Waals surface area contributed by atoms with Gasteiger partial charge in [0.1, 0.15) is 24.8 Å². The summed E-state index contributed by atoms with van der Waals surface area (Å²) in [6, 6.07) is 9.99. The largest absolute Gasteiger partial charge is 0.461 e. The summed E-state index contributed by atoms with van der Waals surface area (Å²) in [5, 5.41) is 18.2. The highest BCUT2D eigenvalue weighted by Gasteiger charge is 2.24. The second kappa shape index (κ2) is 17.8. The number of hydrogen-bond donors (Lipinski definition) is 2. The molecule has 0 radical (unpaired) electrons. The van der Waals surface area contributed by atoms with E-state index in [9.17, 15) is 9.59 Å². The normalized spacial score (nSPS) is 16.5. The van der Waals surface area contributed by atoms with Crippen molar-refractivity contribution in [3.05, 3.63) is 94.6 Å². The van der Waals surface area contributed by atoms with Crippen LogP contribution in [0.15, 0.2) is 60.7 Å². The van der Waals surface area contributed by atoms with Gasteiger partial charge in [-0.2, -0.15) is 0 Å². The highest BCUT2D eigenvalue weighted by molar-refractivity contribution is 5.88. The Balaban J connectivity index is 1.61. The fourth-order valence-electron chi connectivity index (χ4n) is 5.73. The zero-order valence-corrected chi connectivity index (χ0v) is 25.8. The molecule has 1 aliphatic rings. The van der Waals surface area contributed by atoms with Crippen molar-refractivity contribution >= 4 is 11.9 Å². The molecular formula is C36H46F2O6. The fourth-order valence-corrected chi connectivity index (χ4v) is 5.73. The SMILES string of the molecule is C=C(CO)C(=O)OCC(COC(=O)C(=C)CO)c1ccc(CCc2ccc(C3CCC(CCCCC)CC3)c(F)c2)c(F)c1. The number of carbonyl (C=O) groups excluding carboxylic acids is 2. The summed E-state index contributed by atoms with van der Waals surface area (Å²) in [5.41, 5.74) is 2.15. The number of hydrogen-bond acceptors (Lipinski definition) is 6. The number of unbranched alkanes of at least 4 members (excludes halogenated alkanes) is 2. The molecule has 0 aliphatic heterocycles. The topological polar surface area (TPSA) is 93.1 Å². The number of aliphatic hydroxyl groups is 2. The van der Waals surface area contributed by atoms with Crippen molar-refractivity contribution in [1.29, 1.82) is 0 Å². The summed E-state index contributed by atoms with van der Waals surface area (Å²) >= 11 is 0. The van der Waals surface area contributed by atoms with Gasteiger partial charge in [0.2, 0.25) is 0 Å². The van der Waals surface area contributed by atoms with Crippen LogP contribution in [0.1, 0.15) is 92.4 Å². The lowest BCUT2D eigenvalue weighted by Gasteiger charge is -2.29. The van der Waals surface area contributed by atoms with Gasteiger partial charge in [0.15, 0.2) is 0 Å². The van der Waals surface area contributed by atoms with E-state index < -0.39 is 36.9 Å². The number of benzene rings is 2. The lowest BCUT2D eigenvalue weighted by Crippen LogP contribution is -2.22. The van der Waals surface area contributed by atoms with Gasteiger partial charge in [0.05, 0.1) is 30.3 Å². The van der Waals surface area contributed by atoms with Gasteiger partial charge in [-0.15, -0.1) is 0 Å². The van der Waals surface area contributed by atoms with Crippen LogP contribution in [-0.4, -0.2) is 48.6 Å². The van der Waals surface area contributed by atoms with E-state index in [1.807, 2.05) is 12.1 Å². The van der Waals surface area contributed by atoms with Crippen molar-refractivity contribution in [2.45, 2.75) is 83.0 Å². The first-order valence-electron chi connectivity index (χ1n) is 15.6. The predicted molar refractivity (Wildman–Crippen MR) is 166 cm³/mol. The van der Waals surface area contributed by atoms with Gasteiger partial charge in [0.25, 0.3) is 0 Å². The van der Waals surface area contributed by atoms with E-state index in [0.717, 1.165) is 42.7 Å². The molecule has 44 heavy (non-hydrogen) atoms. The Morgan fingerprint density at radius 1 is 0.864 bits per heavy atom. The molecule has 1 fully saturated rings. The summed E-state index contributed by atoms with van der Waals surface area (Å²) in [4.78, 5) is 24.0. The quantitative estimate of drug-likeness (QED) is 0.115. The Labute approximate surface area is 259 Å². The van der Waals surface area contributed by atoms with Crippen LogP contribution in [-0.2, 0) is 31.9 Å². The first-order chi connectivity index (χ1) is 21.2. The summed E-state index contributed by atoms with van der Waals surface area (Å²) < 4.78 is 40.7. The average molecular weight is 613 g/mol. The summed E-state index contributed by atoms with van der Waals surface area (Å²) in [5.74, 6) is -2.03. The molecule has 3 rings (SSSR count). The molecule has 240 valence electrons. The Morgan fingerprint density at radius 2 is 1.50 bits per heavy atom. The van der Waals surface area contributed by atoms with Crippen LogP contribution in [0.2, 0.25) is 0 Å². The highest BCUT2D eigenvalue weighted by Crippen LogP contribution is 2.39. The lowest BCUT2D eigenvalue weighted by molar-refractivity contribution is -0.142. The average Bonchev–Trinajstić information content (AvgIpc) is 3.03. The molecule has 0 atom stereocenters. The Kier molecular flexibility index (Phi) is 14.2. The molecule has 0 aromatic heterocycles. The van der Waals surface area contributed by atoms with Gasteiger partial charge in [0, 0.05) is 0 Å². The highest BCUT2D eigenvalue weighted by atomic mass is 19.1. The van der Waals surface area contributed by atoms with Crippen LogP contribution >= 0.6 is 0 Å². The number of aliphatic hydroxyl groups excluding tert-OH is 2. The molecule has 0 bridgehead atoms. The van der Waals surface area contributed by atoms with Crippen LogP contribution < -0.4 is 0 Å². The number of carbonyl (C=O) groups is 2. The Hall–Kier alpha value is -3.36. The minimum absolute atomic E-state index is 0.148. The van der Waals surface area contributed by atoms with Crippen LogP contribution in [0.5, 0.6) is 0 Å². The molecule has 2 aromatic carbocycles. The van der Waals surface area contributed by atoms with E-state index in [1.165, 1.54) is 31.7 Å². The second-order valence-electron chi connectivity index (χ2n) is 11.8. The lowest BCUT2D eigenvalue weighted by atomic mass is 9.76. The third-order valence-corrected chi connectivity index (χ3v) is 8.59. The molecule has 2 N–H and O–H groups in total. The monoisotopic (exact) mass is 612 g/mol. The molecule has 0 heterocycles. The maximum atomic E-state index is 15.2. The summed E-state index contributed by atoms with van der Waals surface area (Å²) in [7, 11) is 0.